The van der Waals surface area contributed by atoms with Gasteiger partial charge in [-0.1, -0.05) is 12.1 Å². The predicted molar refractivity (Wildman–Crippen MR) is 96.7 cm³/mol. The molecule has 1 aliphatic heterocycles. The fraction of sp³-hybridized carbons (Fsp3) is 0.526. The van der Waals surface area contributed by atoms with Gasteiger partial charge in [0.15, 0.2) is 0 Å². The summed E-state index contributed by atoms with van der Waals surface area (Å²) in [5.41, 5.74) is 2.52. The molecule has 1 aliphatic carbocycles. The van der Waals surface area contributed by atoms with Crippen LogP contribution in [0, 0.1) is 0 Å². The number of aliphatic hydroxyl groups excluding tert-OH is 1. The number of nitrogens with one attached hydrogen (secondary N) is 1. The lowest BCUT2D eigenvalue weighted by atomic mass is 9.82. The third-order valence-corrected chi connectivity index (χ3v) is 5.34. The number of aliphatic hydroxyl groups is 1. The van der Waals surface area contributed by atoms with Gasteiger partial charge >= 0.3 is 0 Å². The van der Waals surface area contributed by atoms with Gasteiger partial charge in [-0.15, -0.1) is 0 Å². The second-order valence-electron chi connectivity index (χ2n) is 6.97. The van der Waals surface area contributed by atoms with E-state index in [1.54, 1.807) is 6.20 Å². The molecule has 1 unspecified atom stereocenters. The average molecular weight is 342 g/mol. The van der Waals surface area contributed by atoms with Crippen LogP contribution in [0.4, 0.5) is 5.69 Å². The van der Waals surface area contributed by atoms with Crippen molar-refractivity contribution in [3.63, 3.8) is 0 Å². The molecular weight excluding hydrogens is 316 g/mol. The van der Waals surface area contributed by atoms with Gasteiger partial charge in [-0.3, -0.25) is 4.68 Å². The van der Waals surface area contributed by atoms with Gasteiger partial charge < -0.3 is 20.1 Å². The minimum absolute atomic E-state index is 0.0138. The van der Waals surface area contributed by atoms with Crippen molar-refractivity contribution in [1.82, 2.24) is 15.1 Å². The van der Waals surface area contributed by atoms with Crippen LogP contribution in [0.1, 0.15) is 31.0 Å². The molecule has 6 nitrogen and oxygen atoms in total. The van der Waals surface area contributed by atoms with Crippen molar-refractivity contribution in [1.29, 1.82) is 0 Å². The first-order valence-electron chi connectivity index (χ1n) is 9.08. The van der Waals surface area contributed by atoms with Gasteiger partial charge in [-0.05, 0) is 37.1 Å². The van der Waals surface area contributed by atoms with Crippen molar-refractivity contribution in [2.24, 2.45) is 0 Å². The van der Waals surface area contributed by atoms with Crippen molar-refractivity contribution in [3.8, 4) is 0 Å². The molecule has 2 aromatic rings. The molecule has 1 saturated carbocycles. The lowest BCUT2D eigenvalue weighted by molar-refractivity contribution is -0.0110. The third kappa shape index (κ3) is 3.42. The smallest absolute Gasteiger partial charge is 0.0932 e. The number of ether oxygens (including phenoxy) is 1. The Labute approximate surface area is 148 Å². The summed E-state index contributed by atoms with van der Waals surface area (Å²) >= 11 is 0. The van der Waals surface area contributed by atoms with Crippen molar-refractivity contribution in [2.75, 3.05) is 31.2 Å². The van der Waals surface area contributed by atoms with E-state index in [-0.39, 0.29) is 24.2 Å². The molecule has 1 saturated heterocycles. The van der Waals surface area contributed by atoms with E-state index >= 15 is 0 Å². The minimum Gasteiger partial charge on any atom is -0.391 e. The standard InChI is InChI=1S/C19H26N4O2/c1-14(21-17-13-18(24)19(17)23-7-3-6-20-23)15-4-2-5-16(12-15)22-8-10-25-11-9-22/h2-7,12,14,17-19,21,24H,8-11,13H2,1H3/t14?,17-,18+,19+/m0/s1. The summed E-state index contributed by atoms with van der Waals surface area (Å²) in [5, 5.41) is 18.1. The van der Waals surface area contributed by atoms with Crippen molar-refractivity contribution in [2.45, 2.75) is 37.6 Å². The fourth-order valence-electron chi connectivity index (χ4n) is 3.83. The van der Waals surface area contributed by atoms with Crippen LogP contribution < -0.4 is 10.2 Å². The van der Waals surface area contributed by atoms with E-state index in [9.17, 15) is 5.11 Å². The van der Waals surface area contributed by atoms with E-state index in [0.717, 1.165) is 32.7 Å². The van der Waals surface area contributed by atoms with E-state index in [2.05, 4.69) is 46.5 Å². The first-order chi connectivity index (χ1) is 12.2. The number of morpholine rings is 1. The Kier molecular flexibility index (Phi) is 4.74. The molecule has 1 aromatic heterocycles. The summed E-state index contributed by atoms with van der Waals surface area (Å²) in [7, 11) is 0. The van der Waals surface area contributed by atoms with Gasteiger partial charge in [0, 0.05) is 43.3 Å². The quantitative estimate of drug-likeness (QED) is 0.867. The molecule has 134 valence electrons. The molecule has 25 heavy (non-hydrogen) atoms. The van der Waals surface area contributed by atoms with Crippen LogP contribution in [-0.4, -0.2) is 53.3 Å². The van der Waals surface area contributed by atoms with Gasteiger partial charge in [0.1, 0.15) is 0 Å². The van der Waals surface area contributed by atoms with E-state index in [0.29, 0.717) is 0 Å². The van der Waals surface area contributed by atoms with E-state index in [4.69, 9.17) is 4.74 Å². The van der Waals surface area contributed by atoms with Crippen molar-refractivity contribution in [3.05, 3.63) is 48.3 Å². The second-order valence-corrected chi connectivity index (χ2v) is 6.97. The third-order valence-electron chi connectivity index (χ3n) is 5.34. The number of aromatic nitrogens is 2. The lowest BCUT2D eigenvalue weighted by Gasteiger charge is -2.43. The van der Waals surface area contributed by atoms with Gasteiger partial charge in [-0.2, -0.15) is 5.10 Å². The summed E-state index contributed by atoms with van der Waals surface area (Å²) in [6.07, 6.45) is 4.12. The number of nitrogens with zero attached hydrogens (tertiary/aromatic N) is 3. The topological polar surface area (TPSA) is 62.5 Å². The Hall–Kier alpha value is -1.89. The van der Waals surface area contributed by atoms with Gasteiger partial charge in [0.2, 0.25) is 0 Å². The summed E-state index contributed by atoms with van der Waals surface area (Å²) < 4.78 is 7.31. The molecule has 2 fully saturated rings. The first-order valence-corrected chi connectivity index (χ1v) is 9.08. The largest absolute Gasteiger partial charge is 0.391 e. The number of benzene rings is 1. The number of hydrogen-bond donors (Lipinski definition) is 2. The Balaban J connectivity index is 1.43. The molecule has 0 spiro atoms. The predicted octanol–water partition coefficient (Wildman–Crippen LogP) is 1.74. The highest BCUT2D eigenvalue weighted by Gasteiger charge is 2.42. The van der Waals surface area contributed by atoms with Crippen LogP contribution in [0.15, 0.2) is 42.7 Å². The normalized spacial score (nSPS) is 27.8. The maximum absolute atomic E-state index is 10.1. The molecule has 6 heteroatoms. The Morgan fingerprint density at radius 1 is 1.28 bits per heavy atom. The molecule has 0 radical (unpaired) electrons. The van der Waals surface area contributed by atoms with Crippen molar-refractivity contribution < 1.29 is 9.84 Å². The van der Waals surface area contributed by atoms with Crippen LogP contribution >= 0.6 is 0 Å². The highest BCUT2D eigenvalue weighted by molar-refractivity contribution is 5.49. The zero-order chi connectivity index (χ0) is 17.2. The fourth-order valence-corrected chi connectivity index (χ4v) is 3.83. The van der Waals surface area contributed by atoms with Crippen LogP contribution in [0.5, 0.6) is 0 Å². The zero-order valence-electron chi connectivity index (χ0n) is 14.6. The maximum atomic E-state index is 10.1. The highest BCUT2D eigenvalue weighted by Crippen LogP contribution is 2.34. The number of anilines is 1. The molecule has 2 heterocycles. The molecule has 2 aliphatic rings. The molecule has 2 N–H and O–H groups in total. The molecule has 0 amide bonds. The Morgan fingerprint density at radius 2 is 2.12 bits per heavy atom. The Morgan fingerprint density at radius 3 is 2.84 bits per heavy atom. The van der Waals surface area contributed by atoms with Crippen molar-refractivity contribution >= 4 is 5.69 Å². The first kappa shape index (κ1) is 16.6. The second kappa shape index (κ2) is 7.15. The van der Waals surface area contributed by atoms with E-state index in [1.807, 2.05) is 16.9 Å². The molecule has 0 bridgehead atoms. The molecule has 4 atom stereocenters. The van der Waals surface area contributed by atoms with Crippen LogP contribution in [0.25, 0.3) is 0 Å². The molecular formula is C19H26N4O2. The highest BCUT2D eigenvalue weighted by atomic mass is 16.5. The zero-order valence-corrected chi connectivity index (χ0v) is 14.6. The van der Waals surface area contributed by atoms with Crippen LogP contribution in [0.3, 0.4) is 0 Å². The van der Waals surface area contributed by atoms with Crippen LogP contribution in [0.2, 0.25) is 0 Å². The number of rotatable bonds is 5. The number of hydrogen-bond acceptors (Lipinski definition) is 5. The maximum Gasteiger partial charge on any atom is 0.0932 e. The van der Waals surface area contributed by atoms with Gasteiger partial charge in [-0.25, -0.2) is 0 Å². The summed E-state index contributed by atoms with van der Waals surface area (Å²) in [4.78, 5) is 2.37. The SMILES string of the molecule is CC(N[C@H]1C[C@@H](O)[C@@H]1n1cccn1)c1cccc(N2CCOCC2)c1. The van der Waals surface area contributed by atoms with E-state index < -0.39 is 0 Å². The molecule has 4 rings (SSSR count). The minimum atomic E-state index is -0.329. The summed E-state index contributed by atoms with van der Waals surface area (Å²) in [6, 6.07) is 11.1. The van der Waals surface area contributed by atoms with Gasteiger partial charge in [0.25, 0.3) is 0 Å². The monoisotopic (exact) mass is 342 g/mol. The lowest BCUT2D eigenvalue weighted by Crippen LogP contribution is -2.55. The average Bonchev–Trinajstić information content (AvgIpc) is 3.15. The summed E-state index contributed by atoms with van der Waals surface area (Å²) in [6.45, 7) is 5.67. The van der Waals surface area contributed by atoms with Crippen LogP contribution in [-0.2, 0) is 4.74 Å². The van der Waals surface area contributed by atoms with Gasteiger partial charge in [0.05, 0.1) is 25.4 Å². The molecule has 1 aromatic carbocycles. The van der Waals surface area contributed by atoms with E-state index in [1.165, 1.54) is 11.3 Å². The summed E-state index contributed by atoms with van der Waals surface area (Å²) in [5.74, 6) is 0. The Bertz CT molecular complexity index is 684.